The molecule has 17 heavy (non-hydrogen) atoms. The molecule has 6 heteroatoms. The van der Waals surface area contributed by atoms with Gasteiger partial charge in [-0.15, -0.1) is 0 Å². The Morgan fingerprint density at radius 1 is 1.12 bits per heavy atom. The van der Waals surface area contributed by atoms with Crippen molar-refractivity contribution < 1.29 is 14.7 Å². The number of nitrogens with zero attached hydrogens (tertiary/aromatic N) is 3. The van der Waals surface area contributed by atoms with Gasteiger partial charge < -0.3 is 19.8 Å². The standard InChI is InChI=1S/C11H19N3O3/c1-12-5-7-13(8-6-12)11(17)14-4-2-3-9(14)10(15)16/h9H,2-8H2,1H3,(H,15,16). The molecule has 0 aromatic heterocycles. The van der Waals surface area contributed by atoms with E-state index >= 15 is 0 Å². The third-order valence-electron chi connectivity index (χ3n) is 3.56. The van der Waals surface area contributed by atoms with Gasteiger partial charge in [-0.05, 0) is 19.9 Å². The lowest BCUT2D eigenvalue weighted by Gasteiger charge is -2.36. The average Bonchev–Trinajstić information content (AvgIpc) is 2.78. The van der Waals surface area contributed by atoms with Crippen LogP contribution in [0.5, 0.6) is 0 Å². The lowest BCUT2D eigenvalue weighted by molar-refractivity contribution is -0.141. The summed E-state index contributed by atoms with van der Waals surface area (Å²) in [6, 6.07) is -0.731. The summed E-state index contributed by atoms with van der Waals surface area (Å²) in [5, 5.41) is 9.05. The van der Waals surface area contributed by atoms with Crippen LogP contribution in [0.15, 0.2) is 0 Å². The van der Waals surface area contributed by atoms with Gasteiger partial charge >= 0.3 is 12.0 Å². The van der Waals surface area contributed by atoms with Crippen molar-refractivity contribution in [3.8, 4) is 0 Å². The van der Waals surface area contributed by atoms with Gasteiger partial charge in [0.15, 0.2) is 0 Å². The van der Waals surface area contributed by atoms with Gasteiger partial charge in [0.1, 0.15) is 6.04 Å². The van der Waals surface area contributed by atoms with E-state index in [4.69, 9.17) is 5.11 Å². The van der Waals surface area contributed by atoms with Crippen LogP contribution in [-0.2, 0) is 4.79 Å². The minimum atomic E-state index is -0.884. The molecule has 0 aliphatic carbocycles. The topological polar surface area (TPSA) is 64.1 Å². The molecular formula is C11H19N3O3. The average molecular weight is 241 g/mol. The van der Waals surface area contributed by atoms with Crippen molar-refractivity contribution in [3.63, 3.8) is 0 Å². The first-order chi connectivity index (χ1) is 8.09. The van der Waals surface area contributed by atoms with Gasteiger partial charge in [-0.1, -0.05) is 0 Å². The largest absolute Gasteiger partial charge is 0.480 e. The van der Waals surface area contributed by atoms with Crippen LogP contribution in [-0.4, -0.2) is 77.6 Å². The Morgan fingerprint density at radius 3 is 2.35 bits per heavy atom. The summed E-state index contributed by atoms with van der Waals surface area (Å²) in [5.74, 6) is -0.884. The van der Waals surface area contributed by atoms with E-state index in [0.717, 1.165) is 19.5 Å². The normalized spacial score (nSPS) is 26.3. The first-order valence-corrected chi connectivity index (χ1v) is 6.06. The van der Waals surface area contributed by atoms with Crippen molar-refractivity contribution in [1.29, 1.82) is 0 Å². The molecule has 0 saturated carbocycles. The van der Waals surface area contributed by atoms with Crippen molar-refractivity contribution in [3.05, 3.63) is 0 Å². The number of piperazine rings is 1. The second kappa shape index (κ2) is 4.91. The van der Waals surface area contributed by atoms with Crippen LogP contribution in [0, 0.1) is 0 Å². The molecule has 2 aliphatic rings. The second-order valence-corrected chi connectivity index (χ2v) is 4.76. The molecule has 0 aromatic carbocycles. The van der Waals surface area contributed by atoms with Crippen LogP contribution in [0.2, 0.25) is 0 Å². The van der Waals surface area contributed by atoms with Crippen LogP contribution in [0.1, 0.15) is 12.8 Å². The fraction of sp³-hybridized carbons (Fsp3) is 0.818. The number of hydrogen-bond donors (Lipinski definition) is 1. The molecule has 2 amide bonds. The van der Waals surface area contributed by atoms with Crippen LogP contribution in [0.4, 0.5) is 4.79 Å². The molecule has 2 fully saturated rings. The number of amides is 2. The summed E-state index contributed by atoms with van der Waals surface area (Å²) in [6.07, 6.45) is 1.37. The van der Waals surface area contributed by atoms with Gasteiger partial charge in [0, 0.05) is 32.7 Å². The molecule has 2 heterocycles. The Kier molecular flexibility index (Phi) is 3.51. The first-order valence-electron chi connectivity index (χ1n) is 6.06. The molecule has 1 atom stereocenters. The number of hydrogen-bond acceptors (Lipinski definition) is 3. The quantitative estimate of drug-likeness (QED) is 0.696. The SMILES string of the molecule is CN1CCN(C(=O)N2CCCC2C(=O)O)CC1. The Balaban J connectivity index is 1.97. The molecule has 0 aromatic rings. The zero-order valence-corrected chi connectivity index (χ0v) is 10.1. The predicted molar refractivity (Wildman–Crippen MR) is 61.8 cm³/mol. The number of rotatable bonds is 1. The van der Waals surface area contributed by atoms with Crippen LogP contribution in [0.25, 0.3) is 0 Å². The molecular weight excluding hydrogens is 222 g/mol. The van der Waals surface area contributed by atoms with E-state index in [1.165, 1.54) is 4.90 Å². The highest BCUT2D eigenvalue weighted by molar-refractivity contribution is 5.83. The number of carboxylic acid groups (broad SMARTS) is 1. The molecule has 1 N–H and O–H groups in total. The third kappa shape index (κ3) is 2.52. The third-order valence-corrected chi connectivity index (χ3v) is 3.56. The van der Waals surface area contributed by atoms with Gasteiger partial charge in [-0.3, -0.25) is 0 Å². The van der Waals surface area contributed by atoms with Crippen LogP contribution in [0.3, 0.4) is 0 Å². The molecule has 2 aliphatic heterocycles. The summed E-state index contributed by atoms with van der Waals surface area (Å²) in [6.45, 7) is 3.67. The number of carbonyl (C=O) groups excluding carboxylic acids is 1. The van der Waals surface area contributed by atoms with Gasteiger partial charge in [0.25, 0.3) is 0 Å². The Hall–Kier alpha value is -1.30. The minimum Gasteiger partial charge on any atom is -0.480 e. The summed E-state index contributed by atoms with van der Waals surface area (Å²) in [5.41, 5.74) is 0. The Bertz CT molecular complexity index is 313. The number of urea groups is 1. The zero-order chi connectivity index (χ0) is 12.4. The summed E-state index contributed by atoms with van der Waals surface area (Å²) in [7, 11) is 2.03. The van der Waals surface area contributed by atoms with Crippen LogP contribution < -0.4 is 0 Å². The Labute approximate surface area is 101 Å². The lowest BCUT2D eigenvalue weighted by atomic mass is 10.2. The molecule has 0 bridgehead atoms. The number of likely N-dealkylation sites (N-methyl/N-ethyl adjacent to an activating group) is 1. The van der Waals surface area contributed by atoms with Gasteiger partial charge in [0.2, 0.25) is 0 Å². The van der Waals surface area contributed by atoms with E-state index in [-0.39, 0.29) is 6.03 Å². The van der Waals surface area contributed by atoms with Gasteiger partial charge in [0.05, 0.1) is 0 Å². The maximum atomic E-state index is 12.2. The van der Waals surface area contributed by atoms with Gasteiger partial charge in [-0.25, -0.2) is 9.59 Å². The highest BCUT2D eigenvalue weighted by Crippen LogP contribution is 2.19. The molecule has 2 rings (SSSR count). The maximum absolute atomic E-state index is 12.2. The van der Waals surface area contributed by atoms with E-state index < -0.39 is 12.0 Å². The maximum Gasteiger partial charge on any atom is 0.326 e. The van der Waals surface area contributed by atoms with Crippen molar-refractivity contribution in [2.75, 3.05) is 39.8 Å². The fourth-order valence-electron chi connectivity index (χ4n) is 2.43. The number of carboxylic acids is 1. The van der Waals surface area contributed by atoms with Crippen molar-refractivity contribution in [2.45, 2.75) is 18.9 Å². The van der Waals surface area contributed by atoms with E-state index in [1.54, 1.807) is 4.90 Å². The molecule has 0 radical (unpaired) electrons. The smallest absolute Gasteiger partial charge is 0.326 e. The van der Waals surface area contributed by atoms with E-state index in [9.17, 15) is 9.59 Å². The minimum absolute atomic E-state index is 0.108. The molecule has 96 valence electrons. The second-order valence-electron chi connectivity index (χ2n) is 4.76. The van der Waals surface area contributed by atoms with Crippen LogP contribution >= 0.6 is 0 Å². The summed E-state index contributed by atoms with van der Waals surface area (Å²) < 4.78 is 0. The van der Waals surface area contributed by atoms with Crippen molar-refractivity contribution >= 4 is 12.0 Å². The number of aliphatic carboxylic acids is 1. The van der Waals surface area contributed by atoms with E-state index in [0.29, 0.717) is 26.1 Å². The lowest BCUT2D eigenvalue weighted by Crippen LogP contribution is -2.54. The monoisotopic (exact) mass is 241 g/mol. The Morgan fingerprint density at radius 2 is 1.76 bits per heavy atom. The van der Waals surface area contributed by atoms with E-state index in [2.05, 4.69) is 4.90 Å². The predicted octanol–water partition coefficient (Wildman–Crippen LogP) is -0.0972. The highest BCUT2D eigenvalue weighted by Gasteiger charge is 2.36. The molecule has 2 saturated heterocycles. The zero-order valence-electron chi connectivity index (χ0n) is 10.1. The fourth-order valence-corrected chi connectivity index (χ4v) is 2.43. The highest BCUT2D eigenvalue weighted by atomic mass is 16.4. The summed E-state index contributed by atoms with van der Waals surface area (Å²) >= 11 is 0. The number of likely N-dealkylation sites (tertiary alicyclic amines) is 1. The molecule has 1 unspecified atom stereocenters. The first kappa shape index (κ1) is 12.2. The van der Waals surface area contributed by atoms with Gasteiger partial charge in [-0.2, -0.15) is 0 Å². The number of carbonyl (C=O) groups is 2. The van der Waals surface area contributed by atoms with E-state index in [1.807, 2.05) is 7.05 Å². The summed E-state index contributed by atoms with van der Waals surface area (Å²) in [4.78, 5) is 28.7. The molecule has 6 nitrogen and oxygen atoms in total. The van der Waals surface area contributed by atoms with Crippen molar-refractivity contribution in [1.82, 2.24) is 14.7 Å². The molecule has 0 spiro atoms. The van der Waals surface area contributed by atoms with Crippen molar-refractivity contribution in [2.24, 2.45) is 0 Å².